The average Bonchev–Trinajstić information content (AvgIpc) is 2.44. The topological polar surface area (TPSA) is 35.2 Å². The van der Waals surface area contributed by atoms with Crippen molar-refractivity contribution in [1.29, 1.82) is 0 Å². The Morgan fingerprint density at radius 2 is 2.00 bits per heavy atom. The number of para-hydroxylation sites is 1. The summed E-state index contributed by atoms with van der Waals surface area (Å²) in [5.74, 6) is 0.865. The second kappa shape index (κ2) is 7.05. The molecule has 2 aromatic carbocycles. The first-order valence-corrected chi connectivity index (χ1v) is 7.77. The van der Waals surface area contributed by atoms with E-state index in [9.17, 15) is 4.39 Å². The molecule has 0 bridgehead atoms. The van der Waals surface area contributed by atoms with E-state index in [1.165, 1.54) is 6.07 Å². The molecule has 0 aliphatic rings. The Morgan fingerprint density at radius 1 is 1.24 bits per heavy atom. The molecule has 2 N–H and O–H groups in total. The van der Waals surface area contributed by atoms with Gasteiger partial charge in [-0.25, -0.2) is 4.39 Å². The van der Waals surface area contributed by atoms with Crippen molar-refractivity contribution in [2.75, 3.05) is 6.54 Å². The molecule has 2 aromatic rings. The second-order valence-corrected chi connectivity index (χ2v) is 6.12. The van der Waals surface area contributed by atoms with Gasteiger partial charge in [-0.15, -0.1) is 0 Å². The van der Waals surface area contributed by atoms with Gasteiger partial charge in [0.25, 0.3) is 0 Å². The summed E-state index contributed by atoms with van der Waals surface area (Å²) in [7, 11) is 0. The van der Waals surface area contributed by atoms with E-state index in [4.69, 9.17) is 10.5 Å². The highest BCUT2D eigenvalue weighted by Gasteiger charge is 2.14. The quantitative estimate of drug-likeness (QED) is 0.821. The van der Waals surface area contributed by atoms with Gasteiger partial charge in [0.15, 0.2) is 11.6 Å². The lowest BCUT2D eigenvalue weighted by Crippen LogP contribution is -2.05. The molecule has 0 heterocycles. The average molecular weight is 352 g/mol. The summed E-state index contributed by atoms with van der Waals surface area (Å²) in [5.41, 5.74) is 7.41. The molecule has 112 valence electrons. The van der Waals surface area contributed by atoms with Gasteiger partial charge in [0.2, 0.25) is 0 Å². The second-order valence-electron chi connectivity index (χ2n) is 5.21. The van der Waals surface area contributed by atoms with Gasteiger partial charge in [-0.1, -0.05) is 41.9 Å². The van der Waals surface area contributed by atoms with Crippen LogP contribution in [-0.4, -0.2) is 6.54 Å². The fraction of sp³-hybridized carbons (Fsp3) is 0.294. The summed E-state index contributed by atoms with van der Waals surface area (Å²) in [4.78, 5) is 0. The van der Waals surface area contributed by atoms with E-state index in [0.29, 0.717) is 18.7 Å². The van der Waals surface area contributed by atoms with Gasteiger partial charge in [-0.2, -0.15) is 0 Å². The molecule has 2 nitrogen and oxygen atoms in total. The van der Waals surface area contributed by atoms with Crippen molar-refractivity contribution >= 4 is 15.9 Å². The third-order valence-electron chi connectivity index (χ3n) is 3.27. The number of nitrogens with two attached hydrogens (primary N) is 1. The largest absolute Gasteiger partial charge is 0.454 e. The Hall–Kier alpha value is -1.39. The van der Waals surface area contributed by atoms with Crippen LogP contribution in [0.1, 0.15) is 30.9 Å². The number of rotatable bonds is 5. The van der Waals surface area contributed by atoms with Crippen molar-refractivity contribution in [1.82, 2.24) is 0 Å². The zero-order valence-electron chi connectivity index (χ0n) is 12.2. The molecule has 0 aliphatic carbocycles. The van der Waals surface area contributed by atoms with E-state index in [1.807, 2.05) is 24.3 Å². The van der Waals surface area contributed by atoms with Crippen molar-refractivity contribution in [2.45, 2.75) is 26.2 Å². The van der Waals surface area contributed by atoms with E-state index >= 15 is 0 Å². The summed E-state index contributed by atoms with van der Waals surface area (Å²) in [6.45, 7) is 4.62. The molecule has 0 saturated carbocycles. The van der Waals surface area contributed by atoms with Crippen LogP contribution >= 0.6 is 15.9 Å². The summed E-state index contributed by atoms with van der Waals surface area (Å²) in [6.07, 6.45) is 0.584. The van der Waals surface area contributed by atoms with Crippen LogP contribution < -0.4 is 10.5 Å². The normalized spacial score (nSPS) is 11.0. The van der Waals surface area contributed by atoms with E-state index < -0.39 is 0 Å². The molecule has 0 atom stereocenters. The maximum atomic E-state index is 14.1. The molecule has 0 spiro atoms. The molecule has 0 radical (unpaired) electrons. The van der Waals surface area contributed by atoms with Crippen LogP contribution in [0.2, 0.25) is 0 Å². The molecule has 0 amide bonds. The van der Waals surface area contributed by atoms with Crippen molar-refractivity contribution in [3.8, 4) is 11.5 Å². The highest BCUT2D eigenvalue weighted by atomic mass is 79.9. The SMILES string of the molecule is CC(C)c1cc(Br)ccc1Oc1c(F)cccc1CCN. The van der Waals surface area contributed by atoms with Gasteiger partial charge >= 0.3 is 0 Å². The molecule has 21 heavy (non-hydrogen) atoms. The zero-order chi connectivity index (χ0) is 15.4. The molecular formula is C17H19BrFNO. The van der Waals surface area contributed by atoms with Crippen molar-refractivity contribution in [3.05, 3.63) is 57.8 Å². The summed E-state index contributed by atoms with van der Waals surface area (Å²) in [5, 5.41) is 0. The van der Waals surface area contributed by atoms with Gasteiger partial charge in [0.05, 0.1) is 0 Å². The Kier molecular flexibility index (Phi) is 5.37. The predicted octanol–water partition coefficient (Wildman–Crippen LogP) is 5.01. The van der Waals surface area contributed by atoms with Gasteiger partial charge in [0, 0.05) is 4.47 Å². The van der Waals surface area contributed by atoms with Crippen molar-refractivity contribution < 1.29 is 9.13 Å². The molecule has 0 saturated heterocycles. The number of hydrogen-bond acceptors (Lipinski definition) is 2. The van der Waals surface area contributed by atoms with Gasteiger partial charge < -0.3 is 10.5 Å². The Morgan fingerprint density at radius 3 is 2.67 bits per heavy atom. The number of hydrogen-bond donors (Lipinski definition) is 1. The van der Waals surface area contributed by atoms with Crippen LogP contribution in [0, 0.1) is 5.82 Å². The van der Waals surface area contributed by atoms with Crippen LogP contribution in [0.3, 0.4) is 0 Å². The number of benzene rings is 2. The summed E-state index contributed by atoms with van der Waals surface area (Å²) >= 11 is 3.46. The van der Waals surface area contributed by atoms with Crippen LogP contribution in [0.4, 0.5) is 4.39 Å². The fourth-order valence-electron chi connectivity index (χ4n) is 2.19. The van der Waals surface area contributed by atoms with Gasteiger partial charge in [-0.3, -0.25) is 0 Å². The zero-order valence-corrected chi connectivity index (χ0v) is 13.8. The first kappa shape index (κ1) is 16.0. The molecule has 4 heteroatoms. The van der Waals surface area contributed by atoms with Crippen LogP contribution in [0.5, 0.6) is 11.5 Å². The minimum atomic E-state index is -0.362. The first-order valence-electron chi connectivity index (χ1n) is 6.97. The lowest BCUT2D eigenvalue weighted by molar-refractivity contribution is 0.430. The molecular weight excluding hydrogens is 333 g/mol. The van der Waals surface area contributed by atoms with Crippen LogP contribution in [0.15, 0.2) is 40.9 Å². The van der Waals surface area contributed by atoms with Crippen LogP contribution in [-0.2, 0) is 6.42 Å². The molecule has 0 unspecified atom stereocenters. The molecule has 0 fully saturated rings. The highest BCUT2D eigenvalue weighted by Crippen LogP contribution is 2.35. The van der Waals surface area contributed by atoms with E-state index in [1.54, 1.807) is 6.07 Å². The summed E-state index contributed by atoms with van der Waals surface area (Å²) in [6, 6.07) is 10.7. The van der Waals surface area contributed by atoms with E-state index in [0.717, 1.165) is 15.6 Å². The standard InChI is InChI=1S/C17H19BrFNO/c1-11(2)14-10-13(18)6-7-16(14)21-17-12(8-9-20)4-3-5-15(17)19/h3-7,10-11H,8-9,20H2,1-2H3. The van der Waals surface area contributed by atoms with E-state index in [2.05, 4.69) is 29.8 Å². The monoisotopic (exact) mass is 351 g/mol. The Bertz CT molecular complexity index is 628. The molecule has 0 aromatic heterocycles. The third kappa shape index (κ3) is 3.83. The van der Waals surface area contributed by atoms with Gasteiger partial charge in [-0.05, 0) is 54.3 Å². The van der Waals surface area contributed by atoms with Crippen molar-refractivity contribution in [3.63, 3.8) is 0 Å². The lowest BCUT2D eigenvalue weighted by atomic mass is 10.0. The maximum absolute atomic E-state index is 14.1. The highest BCUT2D eigenvalue weighted by molar-refractivity contribution is 9.10. The van der Waals surface area contributed by atoms with E-state index in [-0.39, 0.29) is 17.5 Å². The number of ether oxygens (including phenoxy) is 1. The minimum Gasteiger partial charge on any atom is -0.454 e. The van der Waals surface area contributed by atoms with Crippen LogP contribution in [0.25, 0.3) is 0 Å². The third-order valence-corrected chi connectivity index (χ3v) is 3.76. The maximum Gasteiger partial charge on any atom is 0.166 e. The number of halogens is 2. The minimum absolute atomic E-state index is 0.271. The Balaban J connectivity index is 2.43. The van der Waals surface area contributed by atoms with Crippen molar-refractivity contribution in [2.24, 2.45) is 5.73 Å². The molecule has 2 rings (SSSR count). The fourth-order valence-corrected chi connectivity index (χ4v) is 2.57. The predicted molar refractivity (Wildman–Crippen MR) is 87.5 cm³/mol. The lowest BCUT2D eigenvalue weighted by Gasteiger charge is -2.17. The van der Waals surface area contributed by atoms with Gasteiger partial charge in [0.1, 0.15) is 5.75 Å². The summed E-state index contributed by atoms with van der Waals surface area (Å²) < 4.78 is 21.0. The smallest absolute Gasteiger partial charge is 0.166 e. The molecule has 0 aliphatic heterocycles. The first-order chi connectivity index (χ1) is 10.0. The Labute approximate surface area is 133 Å².